The average Bonchev–Trinajstić information content (AvgIpc) is 3.19. The Morgan fingerprint density at radius 1 is 0.824 bits per heavy atom. The number of carbonyl (C=O) groups is 1. The quantitative estimate of drug-likeness (QED) is 0.119. The number of carbonyl (C=O) groups excluding carboxylic acids is 1. The van der Waals surface area contributed by atoms with Crippen LogP contribution >= 0.6 is 67.8 Å². The molecular weight excluding hydrogens is 767 g/mol. The minimum absolute atomic E-state index is 0.280. The number of hydrogen-bond acceptors (Lipinski definition) is 4. The first-order chi connectivity index (χ1) is 16.5. The van der Waals surface area contributed by atoms with Crippen LogP contribution in [0, 0.1) is 10.7 Å². The Kier molecular flexibility index (Phi) is 7.21. The summed E-state index contributed by atoms with van der Waals surface area (Å²) in [5.41, 5.74) is 3.07. The first-order valence-electron chi connectivity index (χ1n) is 10.3. The summed E-state index contributed by atoms with van der Waals surface area (Å²) >= 11 is 6.84. The highest BCUT2D eigenvalue weighted by Gasteiger charge is 2.24. The molecule has 168 valence electrons. The third-order valence-corrected chi connectivity index (χ3v) is 7.93. The maximum absolute atomic E-state index is 12.5. The molecule has 7 heteroatoms. The van der Waals surface area contributed by atoms with Crippen LogP contribution in [0.25, 0.3) is 16.8 Å². The lowest BCUT2D eigenvalue weighted by atomic mass is 10.1. The molecule has 0 saturated carbocycles. The van der Waals surface area contributed by atoms with Crippen LogP contribution < -0.4 is 4.74 Å². The van der Waals surface area contributed by atoms with E-state index in [0.717, 1.165) is 40.4 Å². The smallest absolute Gasteiger partial charge is 0.363 e. The minimum Gasteiger partial charge on any atom is -0.487 e. The molecule has 0 aromatic heterocycles. The molecule has 34 heavy (non-hydrogen) atoms. The van der Waals surface area contributed by atoms with Gasteiger partial charge in [0.05, 0.1) is 7.14 Å². The Bertz CT molecular complexity index is 1470. The SMILES string of the molecule is O=C1OC(c2ccc3ccccc3c2)=N/C1=C\c1cc(I)c(OCc2ccccc2I)c(I)c1. The van der Waals surface area contributed by atoms with E-state index in [9.17, 15) is 4.79 Å². The number of ether oxygens (including phenoxy) is 2. The summed E-state index contributed by atoms with van der Waals surface area (Å²) in [6.07, 6.45) is 1.75. The summed E-state index contributed by atoms with van der Waals surface area (Å²) in [5, 5.41) is 2.20. The van der Waals surface area contributed by atoms with Gasteiger partial charge in [-0.05, 0) is 121 Å². The predicted octanol–water partition coefficient (Wildman–Crippen LogP) is 7.58. The molecule has 0 unspecified atom stereocenters. The van der Waals surface area contributed by atoms with Crippen LogP contribution in [0.5, 0.6) is 5.75 Å². The van der Waals surface area contributed by atoms with Crippen LogP contribution in [0.3, 0.4) is 0 Å². The van der Waals surface area contributed by atoms with Crippen molar-refractivity contribution in [3.63, 3.8) is 0 Å². The van der Waals surface area contributed by atoms with Gasteiger partial charge in [0.15, 0.2) is 5.70 Å². The number of esters is 1. The van der Waals surface area contributed by atoms with Crippen LogP contribution in [0.2, 0.25) is 0 Å². The molecule has 1 aliphatic heterocycles. The van der Waals surface area contributed by atoms with Crippen molar-refractivity contribution in [2.45, 2.75) is 6.61 Å². The molecule has 4 aromatic rings. The van der Waals surface area contributed by atoms with Crippen LogP contribution in [0.4, 0.5) is 0 Å². The zero-order valence-corrected chi connectivity index (χ0v) is 24.1. The minimum atomic E-state index is -0.452. The molecule has 0 bridgehead atoms. The van der Waals surface area contributed by atoms with E-state index in [0.29, 0.717) is 12.5 Å². The highest BCUT2D eigenvalue weighted by molar-refractivity contribution is 14.1. The highest BCUT2D eigenvalue weighted by atomic mass is 127. The van der Waals surface area contributed by atoms with Crippen LogP contribution in [-0.2, 0) is 16.1 Å². The van der Waals surface area contributed by atoms with Crippen molar-refractivity contribution in [2.24, 2.45) is 4.99 Å². The van der Waals surface area contributed by atoms with E-state index in [1.165, 1.54) is 3.57 Å². The van der Waals surface area contributed by atoms with Gasteiger partial charge in [-0.1, -0.05) is 48.5 Å². The molecule has 4 nitrogen and oxygen atoms in total. The van der Waals surface area contributed by atoms with E-state index in [2.05, 4.69) is 84.9 Å². The Balaban J connectivity index is 1.39. The summed E-state index contributed by atoms with van der Waals surface area (Å²) in [7, 11) is 0. The molecule has 0 fully saturated rings. The third-order valence-electron chi connectivity index (χ3n) is 5.27. The number of benzene rings is 4. The van der Waals surface area contributed by atoms with Gasteiger partial charge in [-0.2, -0.15) is 0 Å². The number of nitrogens with zero attached hydrogens (tertiary/aromatic N) is 1. The number of rotatable bonds is 5. The number of fused-ring (bicyclic) bond motifs is 1. The Hall–Kier alpha value is -1.99. The standard InChI is InChI=1S/C27H16I3NO3/c28-21-8-4-3-7-20(21)15-33-25-22(29)11-16(12-23(25)30)13-24-27(32)34-26(31-24)19-10-9-17-5-1-2-6-18(17)14-19/h1-14H,15H2/b24-13-. The second-order valence-corrected chi connectivity index (χ2v) is 11.1. The molecule has 0 radical (unpaired) electrons. The van der Waals surface area contributed by atoms with Gasteiger partial charge in [0, 0.05) is 14.7 Å². The van der Waals surface area contributed by atoms with Gasteiger partial charge in [-0.15, -0.1) is 0 Å². The Morgan fingerprint density at radius 3 is 2.29 bits per heavy atom. The monoisotopic (exact) mass is 783 g/mol. The number of halogens is 3. The highest BCUT2D eigenvalue weighted by Crippen LogP contribution is 2.31. The van der Waals surface area contributed by atoms with Crippen molar-refractivity contribution >= 4 is 96.5 Å². The molecule has 1 aliphatic rings. The fraction of sp³-hybridized carbons (Fsp3) is 0.0370. The normalized spacial score (nSPS) is 14.4. The van der Waals surface area contributed by atoms with Crippen molar-refractivity contribution in [2.75, 3.05) is 0 Å². The van der Waals surface area contributed by atoms with Gasteiger partial charge < -0.3 is 9.47 Å². The van der Waals surface area contributed by atoms with Crippen molar-refractivity contribution < 1.29 is 14.3 Å². The summed E-state index contributed by atoms with van der Waals surface area (Å²) in [5.74, 6) is 0.702. The summed E-state index contributed by atoms with van der Waals surface area (Å²) in [6.45, 7) is 0.497. The van der Waals surface area contributed by atoms with E-state index in [4.69, 9.17) is 9.47 Å². The molecule has 1 heterocycles. The largest absolute Gasteiger partial charge is 0.487 e. The van der Waals surface area contributed by atoms with Crippen molar-refractivity contribution in [1.29, 1.82) is 0 Å². The molecule has 0 N–H and O–H groups in total. The van der Waals surface area contributed by atoms with E-state index in [1.54, 1.807) is 6.08 Å². The average molecular weight is 783 g/mol. The number of aliphatic imine (C=N–C) groups is 1. The fourth-order valence-corrected chi connectivity index (χ4v) is 6.25. The molecule has 0 amide bonds. The predicted molar refractivity (Wildman–Crippen MR) is 160 cm³/mol. The zero-order valence-electron chi connectivity index (χ0n) is 17.6. The Morgan fingerprint density at radius 2 is 1.53 bits per heavy atom. The molecular formula is C27H16I3NO3. The maximum Gasteiger partial charge on any atom is 0.363 e. The molecule has 0 atom stereocenters. The number of hydrogen-bond donors (Lipinski definition) is 0. The molecule has 5 rings (SSSR count). The lowest BCUT2D eigenvalue weighted by Gasteiger charge is -2.12. The lowest BCUT2D eigenvalue weighted by Crippen LogP contribution is -2.05. The van der Waals surface area contributed by atoms with E-state index in [1.807, 2.05) is 66.7 Å². The maximum atomic E-state index is 12.5. The van der Waals surface area contributed by atoms with E-state index < -0.39 is 5.97 Å². The van der Waals surface area contributed by atoms with Gasteiger partial charge in [-0.25, -0.2) is 9.79 Å². The van der Waals surface area contributed by atoms with Gasteiger partial charge in [0.25, 0.3) is 0 Å². The second-order valence-electron chi connectivity index (χ2n) is 7.59. The lowest BCUT2D eigenvalue weighted by molar-refractivity contribution is -0.129. The van der Waals surface area contributed by atoms with Gasteiger partial charge in [-0.3, -0.25) is 0 Å². The molecule has 0 saturated heterocycles. The van der Waals surface area contributed by atoms with Crippen LogP contribution in [0.15, 0.2) is 89.6 Å². The van der Waals surface area contributed by atoms with E-state index in [-0.39, 0.29) is 5.70 Å². The first kappa shape index (κ1) is 23.7. The van der Waals surface area contributed by atoms with Crippen molar-refractivity contribution in [3.8, 4) is 5.75 Å². The summed E-state index contributed by atoms with van der Waals surface area (Å²) in [4.78, 5) is 17.0. The summed E-state index contributed by atoms with van der Waals surface area (Å²) in [6, 6.07) is 26.1. The third kappa shape index (κ3) is 5.15. The second kappa shape index (κ2) is 10.3. The van der Waals surface area contributed by atoms with Crippen LogP contribution in [-0.4, -0.2) is 11.9 Å². The zero-order chi connectivity index (χ0) is 23.7. The summed E-state index contributed by atoms with van der Waals surface area (Å²) < 4.78 is 14.7. The molecule has 0 spiro atoms. The van der Waals surface area contributed by atoms with Gasteiger partial charge in [0.1, 0.15) is 12.4 Å². The van der Waals surface area contributed by atoms with Gasteiger partial charge in [0.2, 0.25) is 5.90 Å². The van der Waals surface area contributed by atoms with Crippen LogP contribution in [0.1, 0.15) is 16.7 Å². The first-order valence-corrected chi connectivity index (χ1v) is 13.6. The number of cyclic esters (lactones) is 1. The molecule has 4 aromatic carbocycles. The van der Waals surface area contributed by atoms with E-state index >= 15 is 0 Å². The topological polar surface area (TPSA) is 47.9 Å². The van der Waals surface area contributed by atoms with Crippen molar-refractivity contribution in [3.05, 3.63) is 112 Å². The fourth-order valence-electron chi connectivity index (χ4n) is 3.58. The van der Waals surface area contributed by atoms with Crippen molar-refractivity contribution in [1.82, 2.24) is 0 Å². The Labute approximate surface area is 237 Å². The van der Waals surface area contributed by atoms with Gasteiger partial charge >= 0.3 is 5.97 Å². The molecule has 0 aliphatic carbocycles.